The Morgan fingerprint density at radius 3 is 2.95 bits per heavy atom. The van der Waals surface area contributed by atoms with E-state index in [2.05, 4.69) is 10.6 Å². The molecule has 0 bridgehead atoms. The van der Waals surface area contributed by atoms with Crippen LogP contribution in [0.2, 0.25) is 0 Å². The number of rotatable bonds is 2. The summed E-state index contributed by atoms with van der Waals surface area (Å²) in [5.74, 6) is -0.320. The van der Waals surface area contributed by atoms with Crippen LogP contribution in [-0.4, -0.2) is 48.2 Å². The van der Waals surface area contributed by atoms with Crippen molar-refractivity contribution in [2.75, 3.05) is 25.0 Å². The molecule has 0 radical (unpaired) electrons. The minimum atomic E-state index is -0.728. The summed E-state index contributed by atoms with van der Waals surface area (Å²) in [4.78, 5) is 26.0. The lowest BCUT2D eigenvalue weighted by atomic mass is 10.1. The first-order valence-electron chi connectivity index (χ1n) is 6.63. The van der Waals surface area contributed by atoms with Gasteiger partial charge in [0, 0.05) is 12.2 Å². The zero-order chi connectivity index (χ0) is 14.2. The molecule has 2 N–H and O–H groups in total. The monoisotopic (exact) mass is 275 g/mol. The normalized spacial score (nSPS) is 29.1. The van der Waals surface area contributed by atoms with E-state index in [4.69, 9.17) is 4.74 Å². The van der Waals surface area contributed by atoms with Crippen molar-refractivity contribution in [1.82, 2.24) is 10.2 Å². The lowest BCUT2D eigenvalue weighted by Gasteiger charge is -2.39. The maximum absolute atomic E-state index is 12.4. The molecule has 106 valence electrons. The summed E-state index contributed by atoms with van der Waals surface area (Å²) in [6.07, 6.45) is 0. The van der Waals surface area contributed by atoms with Gasteiger partial charge in [-0.3, -0.25) is 14.5 Å². The quantitative estimate of drug-likeness (QED) is 0.807. The van der Waals surface area contributed by atoms with Crippen LogP contribution in [-0.2, 0) is 14.3 Å². The number of hydrogen-bond acceptors (Lipinski definition) is 4. The SMILES string of the molecule is C[C@]12CNCC(=O)N1[C@H](C(=O)Nc1ccccc1)CO2. The van der Waals surface area contributed by atoms with Crippen molar-refractivity contribution in [3.05, 3.63) is 30.3 Å². The maximum atomic E-state index is 12.4. The number of carbonyl (C=O) groups is 2. The summed E-state index contributed by atoms with van der Waals surface area (Å²) in [6.45, 7) is 2.83. The number of fused-ring (bicyclic) bond motifs is 1. The number of anilines is 1. The van der Waals surface area contributed by atoms with Gasteiger partial charge in [-0.25, -0.2) is 0 Å². The highest BCUT2D eigenvalue weighted by Gasteiger charge is 2.51. The van der Waals surface area contributed by atoms with Gasteiger partial charge in [-0.2, -0.15) is 0 Å². The van der Waals surface area contributed by atoms with Crippen molar-refractivity contribution in [3.8, 4) is 0 Å². The Labute approximate surface area is 117 Å². The van der Waals surface area contributed by atoms with E-state index >= 15 is 0 Å². The van der Waals surface area contributed by atoms with E-state index in [0.717, 1.165) is 0 Å². The number of para-hydroxylation sites is 1. The lowest BCUT2D eigenvalue weighted by molar-refractivity contribution is -0.155. The molecule has 2 amide bonds. The smallest absolute Gasteiger partial charge is 0.249 e. The van der Waals surface area contributed by atoms with Gasteiger partial charge < -0.3 is 15.4 Å². The van der Waals surface area contributed by atoms with Crippen LogP contribution in [0.15, 0.2) is 30.3 Å². The van der Waals surface area contributed by atoms with Crippen LogP contribution in [0.4, 0.5) is 5.69 Å². The highest BCUT2D eigenvalue weighted by molar-refractivity contribution is 5.98. The molecule has 0 unspecified atom stereocenters. The molecule has 6 nitrogen and oxygen atoms in total. The summed E-state index contributed by atoms with van der Waals surface area (Å²) in [6, 6.07) is 8.63. The third-order valence-electron chi connectivity index (χ3n) is 3.72. The number of hydrogen-bond donors (Lipinski definition) is 2. The molecule has 6 heteroatoms. The van der Waals surface area contributed by atoms with Crippen LogP contribution in [0.1, 0.15) is 6.92 Å². The van der Waals surface area contributed by atoms with Crippen molar-refractivity contribution in [3.63, 3.8) is 0 Å². The van der Waals surface area contributed by atoms with E-state index in [0.29, 0.717) is 12.2 Å². The fourth-order valence-electron chi connectivity index (χ4n) is 2.73. The molecule has 20 heavy (non-hydrogen) atoms. The second-order valence-corrected chi connectivity index (χ2v) is 5.22. The zero-order valence-corrected chi connectivity index (χ0v) is 11.3. The van der Waals surface area contributed by atoms with Gasteiger partial charge in [-0.15, -0.1) is 0 Å². The third-order valence-corrected chi connectivity index (χ3v) is 3.72. The van der Waals surface area contributed by atoms with Crippen LogP contribution in [0.25, 0.3) is 0 Å². The minimum Gasteiger partial charge on any atom is -0.352 e. The van der Waals surface area contributed by atoms with E-state index in [-0.39, 0.29) is 25.0 Å². The van der Waals surface area contributed by atoms with Crippen molar-refractivity contribution >= 4 is 17.5 Å². The van der Waals surface area contributed by atoms with Crippen LogP contribution >= 0.6 is 0 Å². The zero-order valence-electron chi connectivity index (χ0n) is 11.3. The molecule has 2 heterocycles. The summed E-state index contributed by atoms with van der Waals surface area (Å²) in [5.41, 5.74) is -0.0118. The molecule has 3 rings (SSSR count). The van der Waals surface area contributed by atoms with E-state index in [1.807, 2.05) is 37.3 Å². The van der Waals surface area contributed by atoms with Crippen LogP contribution in [0.5, 0.6) is 0 Å². The van der Waals surface area contributed by atoms with Gasteiger partial charge in [-0.1, -0.05) is 18.2 Å². The number of carbonyl (C=O) groups excluding carboxylic acids is 2. The molecule has 0 aromatic heterocycles. The molecule has 2 fully saturated rings. The van der Waals surface area contributed by atoms with Crippen molar-refractivity contribution in [2.45, 2.75) is 18.7 Å². The average Bonchev–Trinajstić information content (AvgIpc) is 2.79. The van der Waals surface area contributed by atoms with Crippen molar-refractivity contribution < 1.29 is 14.3 Å². The van der Waals surface area contributed by atoms with Crippen LogP contribution in [0, 0.1) is 0 Å². The Balaban J connectivity index is 1.77. The van der Waals surface area contributed by atoms with Gasteiger partial charge in [0.1, 0.15) is 6.04 Å². The number of nitrogens with zero attached hydrogens (tertiary/aromatic N) is 1. The first kappa shape index (κ1) is 13.1. The van der Waals surface area contributed by atoms with Crippen molar-refractivity contribution in [1.29, 1.82) is 0 Å². The van der Waals surface area contributed by atoms with E-state index in [9.17, 15) is 9.59 Å². The van der Waals surface area contributed by atoms with Gasteiger partial charge in [-0.05, 0) is 19.1 Å². The summed E-state index contributed by atoms with van der Waals surface area (Å²) in [7, 11) is 0. The third kappa shape index (κ3) is 2.17. The first-order chi connectivity index (χ1) is 9.60. The molecule has 2 aliphatic heterocycles. The molecule has 2 atom stereocenters. The molecule has 1 aromatic rings. The second-order valence-electron chi connectivity index (χ2n) is 5.22. The van der Waals surface area contributed by atoms with Gasteiger partial charge in [0.15, 0.2) is 5.72 Å². The molecule has 0 saturated carbocycles. The summed E-state index contributed by atoms with van der Waals surface area (Å²) >= 11 is 0. The first-order valence-corrected chi connectivity index (χ1v) is 6.63. The van der Waals surface area contributed by atoms with Gasteiger partial charge in [0.05, 0.1) is 13.2 Å². The highest BCUT2D eigenvalue weighted by Crippen LogP contribution is 2.30. The van der Waals surface area contributed by atoms with E-state index in [1.165, 1.54) is 0 Å². The molecule has 0 spiro atoms. The molecule has 0 aliphatic carbocycles. The molecule has 1 aromatic carbocycles. The molecular weight excluding hydrogens is 258 g/mol. The number of amides is 2. The van der Waals surface area contributed by atoms with Crippen LogP contribution in [0.3, 0.4) is 0 Å². The number of nitrogens with one attached hydrogen (secondary N) is 2. The molecular formula is C14H17N3O3. The van der Waals surface area contributed by atoms with Gasteiger partial charge in [0.2, 0.25) is 11.8 Å². The summed E-state index contributed by atoms with van der Waals surface area (Å²) < 4.78 is 5.67. The number of benzene rings is 1. The lowest BCUT2D eigenvalue weighted by Crippen LogP contribution is -2.63. The fraction of sp³-hybridized carbons (Fsp3) is 0.429. The Morgan fingerprint density at radius 2 is 2.20 bits per heavy atom. The Hall–Kier alpha value is -1.92. The van der Waals surface area contributed by atoms with Crippen molar-refractivity contribution in [2.24, 2.45) is 0 Å². The minimum absolute atomic E-state index is 0.107. The van der Waals surface area contributed by atoms with Gasteiger partial charge >= 0.3 is 0 Å². The largest absolute Gasteiger partial charge is 0.352 e. The Kier molecular flexibility index (Phi) is 3.19. The number of piperazine rings is 1. The predicted octanol–water partition coefficient (Wildman–Crippen LogP) is 0.172. The standard InChI is InChI=1S/C14H17N3O3/c1-14-9-15-7-12(18)17(14)11(8-20-14)13(19)16-10-5-3-2-4-6-10/h2-6,11,15H,7-9H2,1H3,(H,16,19)/t11-,14-/m0/s1. The van der Waals surface area contributed by atoms with Crippen LogP contribution < -0.4 is 10.6 Å². The molecule has 2 aliphatic rings. The molecule has 2 saturated heterocycles. The second kappa shape index (κ2) is 4.88. The number of ether oxygens (including phenoxy) is 1. The summed E-state index contributed by atoms with van der Waals surface area (Å²) in [5, 5.41) is 5.83. The Morgan fingerprint density at radius 1 is 1.45 bits per heavy atom. The predicted molar refractivity (Wildman–Crippen MR) is 72.9 cm³/mol. The fourth-order valence-corrected chi connectivity index (χ4v) is 2.73. The Bertz CT molecular complexity index is 534. The topological polar surface area (TPSA) is 70.7 Å². The van der Waals surface area contributed by atoms with E-state index in [1.54, 1.807) is 4.90 Å². The maximum Gasteiger partial charge on any atom is 0.249 e. The van der Waals surface area contributed by atoms with Gasteiger partial charge in [0.25, 0.3) is 0 Å². The van der Waals surface area contributed by atoms with E-state index < -0.39 is 11.8 Å². The average molecular weight is 275 g/mol. The highest BCUT2D eigenvalue weighted by atomic mass is 16.5.